The van der Waals surface area contributed by atoms with Crippen LogP contribution in [0, 0.1) is 0 Å². The number of ether oxygens (including phenoxy) is 1. The first-order valence-corrected chi connectivity index (χ1v) is 13.6. The molecule has 1 N–H and O–H groups in total. The maximum absolute atomic E-state index is 12.1. The van der Waals surface area contributed by atoms with E-state index in [1.165, 1.54) is 56.5 Å². The molecule has 0 bridgehead atoms. The lowest BCUT2D eigenvalue weighted by Gasteiger charge is -2.28. The molecular formula is C24H38N2O2S2. The third-order valence-electron chi connectivity index (χ3n) is 6.01. The number of nitrogens with one attached hydrogen (secondary N) is 1. The van der Waals surface area contributed by atoms with E-state index in [4.69, 9.17) is 4.74 Å². The van der Waals surface area contributed by atoms with Gasteiger partial charge < -0.3 is 15.0 Å². The Morgan fingerprint density at radius 1 is 1.13 bits per heavy atom. The van der Waals surface area contributed by atoms with Crippen LogP contribution in [0.3, 0.4) is 0 Å². The number of carbonyl (C=O) groups excluding carboxylic acids is 1. The average molecular weight is 451 g/mol. The lowest BCUT2D eigenvalue weighted by atomic mass is 10.1. The third-order valence-corrected chi connectivity index (χ3v) is 9.18. The number of hydrogen-bond donors (Lipinski definition) is 1. The van der Waals surface area contributed by atoms with Crippen LogP contribution in [0.25, 0.3) is 0 Å². The van der Waals surface area contributed by atoms with Crippen molar-refractivity contribution in [2.24, 2.45) is 0 Å². The van der Waals surface area contributed by atoms with Gasteiger partial charge in [0.15, 0.2) is 0 Å². The van der Waals surface area contributed by atoms with Gasteiger partial charge in [0.2, 0.25) is 5.91 Å². The summed E-state index contributed by atoms with van der Waals surface area (Å²) in [5.74, 6) is 2.38. The molecule has 0 spiro atoms. The predicted molar refractivity (Wildman–Crippen MR) is 131 cm³/mol. The van der Waals surface area contributed by atoms with Crippen molar-refractivity contribution >= 4 is 29.4 Å². The molecule has 168 valence electrons. The van der Waals surface area contributed by atoms with Gasteiger partial charge in [-0.05, 0) is 81.6 Å². The second-order valence-corrected chi connectivity index (χ2v) is 11.3. The molecule has 2 heterocycles. The van der Waals surface area contributed by atoms with Crippen molar-refractivity contribution in [3.63, 3.8) is 0 Å². The molecular weight excluding hydrogens is 412 g/mol. The van der Waals surface area contributed by atoms with Crippen LogP contribution in [0.2, 0.25) is 0 Å². The summed E-state index contributed by atoms with van der Waals surface area (Å²) >= 11 is 4.16. The first-order chi connectivity index (χ1) is 14.7. The number of amides is 1. The molecule has 0 aliphatic carbocycles. The smallest absolute Gasteiger partial charge is 0.219 e. The van der Waals surface area contributed by atoms with Crippen LogP contribution in [0.15, 0.2) is 24.3 Å². The number of benzene rings is 1. The predicted octanol–water partition coefficient (Wildman–Crippen LogP) is 5.49. The van der Waals surface area contributed by atoms with Gasteiger partial charge in [-0.25, -0.2) is 0 Å². The maximum Gasteiger partial charge on any atom is 0.219 e. The molecule has 0 saturated carbocycles. The lowest BCUT2D eigenvalue weighted by molar-refractivity contribution is -0.121. The van der Waals surface area contributed by atoms with Crippen molar-refractivity contribution in [1.29, 1.82) is 0 Å². The fraction of sp³-hybridized carbons (Fsp3) is 0.708. The van der Waals surface area contributed by atoms with Crippen molar-refractivity contribution in [3.05, 3.63) is 29.8 Å². The van der Waals surface area contributed by atoms with Crippen molar-refractivity contribution in [2.75, 3.05) is 39.0 Å². The number of nitrogens with zero attached hydrogens (tertiary/aromatic N) is 1. The van der Waals surface area contributed by atoms with E-state index in [2.05, 4.69) is 58.0 Å². The van der Waals surface area contributed by atoms with Crippen LogP contribution >= 0.6 is 23.5 Å². The number of hydrogen-bond acceptors (Lipinski definition) is 5. The van der Waals surface area contributed by atoms with Gasteiger partial charge in [0, 0.05) is 18.2 Å². The SMILES string of the molecule is COc1ccc(C2SCCC(CCCCC(=O)NCCCN3CCCCC3)S2)cc1. The summed E-state index contributed by atoms with van der Waals surface area (Å²) in [5, 5.41) is 3.83. The number of methoxy groups -OCH3 is 1. The van der Waals surface area contributed by atoms with E-state index in [0.717, 1.165) is 38.1 Å². The summed E-state index contributed by atoms with van der Waals surface area (Å²) in [6, 6.07) is 8.51. The number of likely N-dealkylation sites (tertiary alicyclic amines) is 1. The Morgan fingerprint density at radius 2 is 1.93 bits per heavy atom. The highest BCUT2D eigenvalue weighted by molar-refractivity contribution is 8.17. The first-order valence-electron chi connectivity index (χ1n) is 11.6. The minimum absolute atomic E-state index is 0.233. The van der Waals surface area contributed by atoms with Gasteiger partial charge in [-0.2, -0.15) is 0 Å². The van der Waals surface area contributed by atoms with E-state index in [1.807, 2.05) is 0 Å². The summed E-state index contributed by atoms with van der Waals surface area (Å²) in [5.41, 5.74) is 1.39. The van der Waals surface area contributed by atoms with E-state index in [9.17, 15) is 4.79 Å². The largest absolute Gasteiger partial charge is 0.497 e. The molecule has 2 atom stereocenters. The summed E-state index contributed by atoms with van der Waals surface area (Å²) in [4.78, 5) is 14.6. The van der Waals surface area contributed by atoms with Crippen molar-refractivity contribution in [3.8, 4) is 5.75 Å². The molecule has 1 aromatic carbocycles. The summed E-state index contributed by atoms with van der Waals surface area (Å²) < 4.78 is 5.80. The number of piperidine rings is 1. The normalized spacial score (nSPS) is 22.6. The Labute approximate surface area is 191 Å². The molecule has 4 nitrogen and oxygen atoms in total. The van der Waals surface area contributed by atoms with Gasteiger partial charge >= 0.3 is 0 Å². The zero-order valence-corrected chi connectivity index (χ0v) is 20.1. The van der Waals surface area contributed by atoms with Crippen LogP contribution in [0.1, 0.15) is 67.9 Å². The molecule has 2 aliphatic rings. The summed E-state index contributed by atoms with van der Waals surface area (Å²) in [6.07, 6.45) is 10.5. The molecule has 2 unspecified atom stereocenters. The van der Waals surface area contributed by atoms with Crippen molar-refractivity contribution in [1.82, 2.24) is 10.2 Å². The molecule has 1 aromatic rings. The van der Waals surface area contributed by atoms with Crippen LogP contribution < -0.4 is 10.1 Å². The fourth-order valence-electron chi connectivity index (χ4n) is 4.20. The maximum atomic E-state index is 12.1. The average Bonchev–Trinajstić information content (AvgIpc) is 2.80. The number of carbonyl (C=O) groups is 1. The van der Waals surface area contributed by atoms with Gasteiger partial charge in [0.1, 0.15) is 5.75 Å². The van der Waals surface area contributed by atoms with Gasteiger partial charge in [-0.3, -0.25) is 4.79 Å². The Balaban J connectivity index is 1.24. The standard InChI is InChI=1S/C24H38N2O2S2/c1-28-21-12-10-20(11-13-21)24-29-19-14-22(30-24)8-3-4-9-23(27)25-15-7-18-26-16-5-2-6-17-26/h10-13,22,24H,2-9,14-19H2,1H3,(H,25,27). The molecule has 2 saturated heterocycles. The quantitative estimate of drug-likeness (QED) is 0.452. The van der Waals surface area contributed by atoms with Gasteiger partial charge in [-0.1, -0.05) is 25.0 Å². The van der Waals surface area contributed by atoms with Crippen LogP contribution in [0.5, 0.6) is 5.75 Å². The molecule has 2 fully saturated rings. The van der Waals surface area contributed by atoms with Crippen molar-refractivity contribution < 1.29 is 9.53 Å². The van der Waals surface area contributed by atoms with Gasteiger partial charge in [-0.15, -0.1) is 23.5 Å². The van der Waals surface area contributed by atoms with Crippen molar-refractivity contribution in [2.45, 2.75) is 67.6 Å². The molecule has 6 heteroatoms. The van der Waals surface area contributed by atoms with Crippen LogP contribution in [-0.4, -0.2) is 55.1 Å². The highest BCUT2D eigenvalue weighted by atomic mass is 32.2. The van der Waals surface area contributed by atoms with E-state index in [-0.39, 0.29) is 5.91 Å². The zero-order chi connectivity index (χ0) is 21.0. The Kier molecular flexibility index (Phi) is 10.7. The Morgan fingerprint density at radius 3 is 2.70 bits per heavy atom. The number of unbranched alkanes of at least 4 members (excludes halogenated alkanes) is 1. The lowest BCUT2D eigenvalue weighted by Crippen LogP contribution is -2.33. The van der Waals surface area contributed by atoms with E-state index in [1.54, 1.807) is 7.11 Å². The minimum atomic E-state index is 0.233. The number of rotatable bonds is 11. The Hall–Kier alpha value is -0.850. The van der Waals surface area contributed by atoms with E-state index in [0.29, 0.717) is 16.3 Å². The molecule has 0 aromatic heterocycles. The third kappa shape index (κ3) is 8.35. The number of thioether (sulfide) groups is 2. The highest BCUT2D eigenvalue weighted by Crippen LogP contribution is 2.48. The summed E-state index contributed by atoms with van der Waals surface area (Å²) in [6.45, 7) is 4.44. The molecule has 30 heavy (non-hydrogen) atoms. The van der Waals surface area contributed by atoms with Crippen LogP contribution in [0.4, 0.5) is 0 Å². The van der Waals surface area contributed by atoms with Crippen LogP contribution in [-0.2, 0) is 4.79 Å². The van der Waals surface area contributed by atoms with Gasteiger partial charge in [0.05, 0.1) is 11.7 Å². The van der Waals surface area contributed by atoms with Gasteiger partial charge in [0.25, 0.3) is 0 Å². The molecule has 0 radical (unpaired) electrons. The summed E-state index contributed by atoms with van der Waals surface area (Å²) in [7, 11) is 1.71. The zero-order valence-electron chi connectivity index (χ0n) is 18.4. The second-order valence-electron chi connectivity index (χ2n) is 8.37. The van der Waals surface area contributed by atoms with E-state index >= 15 is 0 Å². The fourth-order valence-corrected chi connectivity index (χ4v) is 7.62. The topological polar surface area (TPSA) is 41.6 Å². The second kappa shape index (κ2) is 13.5. The Bertz CT molecular complexity index is 620. The van der Waals surface area contributed by atoms with E-state index < -0.39 is 0 Å². The molecule has 1 amide bonds. The highest BCUT2D eigenvalue weighted by Gasteiger charge is 2.24. The minimum Gasteiger partial charge on any atom is -0.497 e. The molecule has 2 aliphatic heterocycles. The monoisotopic (exact) mass is 450 g/mol. The first kappa shape index (κ1) is 23.8. The molecule has 3 rings (SSSR count).